The Morgan fingerprint density at radius 2 is 1.82 bits per heavy atom. The summed E-state index contributed by atoms with van der Waals surface area (Å²) in [6, 6.07) is 11.6. The van der Waals surface area contributed by atoms with Crippen molar-refractivity contribution < 1.29 is 18.7 Å². The van der Waals surface area contributed by atoms with Crippen LogP contribution >= 0.6 is 0 Å². The number of carbonyl (C=O) groups is 1. The van der Waals surface area contributed by atoms with Crippen molar-refractivity contribution in [3.8, 4) is 11.5 Å². The van der Waals surface area contributed by atoms with Gasteiger partial charge in [0.05, 0.1) is 31.9 Å². The number of nitrogens with one attached hydrogen (secondary N) is 1. The number of benzene rings is 2. The number of ether oxygens (including phenoxy) is 2. The highest BCUT2D eigenvalue weighted by atomic mass is 16.5. The van der Waals surface area contributed by atoms with Gasteiger partial charge in [-0.2, -0.15) is 0 Å². The lowest BCUT2D eigenvalue weighted by Crippen LogP contribution is -2.28. The van der Waals surface area contributed by atoms with E-state index in [0.717, 1.165) is 27.7 Å². The normalized spacial score (nSPS) is 12.0. The second kappa shape index (κ2) is 8.83. The van der Waals surface area contributed by atoms with Crippen LogP contribution in [-0.4, -0.2) is 19.1 Å². The van der Waals surface area contributed by atoms with E-state index in [2.05, 4.69) is 5.32 Å². The molecule has 3 rings (SSSR count). The predicted octanol–water partition coefficient (Wildman–Crippen LogP) is 4.96. The molecule has 0 radical (unpaired) electrons. The zero-order valence-electron chi connectivity index (χ0n) is 16.9. The number of carbonyl (C=O) groups excluding carboxylic acids is 1. The van der Waals surface area contributed by atoms with Gasteiger partial charge >= 0.3 is 0 Å². The van der Waals surface area contributed by atoms with Crippen LogP contribution in [0.25, 0.3) is 11.0 Å². The standard InChI is InChI=1S/C23H27NO4/c1-5-26-20-10-8-17(12-22(20)27-6-2)16(4)24-23(25)13-18-14-28-21-11-15(3)7-9-19(18)21/h7-12,14,16H,5-6,13H2,1-4H3,(H,24,25). The fourth-order valence-corrected chi connectivity index (χ4v) is 3.21. The Kier molecular flexibility index (Phi) is 6.24. The summed E-state index contributed by atoms with van der Waals surface area (Å²) < 4.78 is 16.9. The monoisotopic (exact) mass is 381 g/mol. The zero-order valence-corrected chi connectivity index (χ0v) is 16.9. The lowest BCUT2D eigenvalue weighted by molar-refractivity contribution is -0.121. The maximum atomic E-state index is 12.6. The van der Waals surface area contributed by atoms with Crippen LogP contribution in [0.15, 0.2) is 47.1 Å². The van der Waals surface area contributed by atoms with E-state index in [4.69, 9.17) is 13.9 Å². The molecule has 148 valence electrons. The molecule has 1 N–H and O–H groups in total. The molecule has 1 unspecified atom stereocenters. The van der Waals surface area contributed by atoms with Crippen LogP contribution in [0.1, 0.15) is 43.5 Å². The van der Waals surface area contributed by atoms with E-state index in [1.54, 1.807) is 6.26 Å². The van der Waals surface area contributed by atoms with Crippen LogP contribution in [0.5, 0.6) is 11.5 Å². The number of aryl methyl sites for hydroxylation is 1. The second-order valence-corrected chi connectivity index (χ2v) is 6.80. The molecule has 0 aliphatic carbocycles. The molecule has 0 bridgehead atoms. The van der Waals surface area contributed by atoms with Crippen LogP contribution in [0.4, 0.5) is 0 Å². The molecule has 5 heteroatoms. The fourth-order valence-electron chi connectivity index (χ4n) is 3.21. The summed E-state index contributed by atoms with van der Waals surface area (Å²) >= 11 is 0. The average Bonchev–Trinajstić information content (AvgIpc) is 3.05. The largest absolute Gasteiger partial charge is 0.490 e. The molecule has 2 aromatic carbocycles. The van der Waals surface area contributed by atoms with Crippen molar-refractivity contribution in [3.05, 3.63) is 59.4 Å². The summed E-state index contributed by atoms with van der Waals surface area (Å²) in [5.74, 6) is 1.36. The molecule has 0 saturated heterocycles. The zero-order chi connectivity index (χ0) is 20.1. The molecular weight excluding hydrogens is 354 g/mol. The maximum absolute atomic E-state index is 12.6. The molecule has 0 aliphatic heterocycles. The molecule has 1 amide bonds. The highest BCUT2D eigenvalue weighted by Gasteiger charge is 2.15. The predicted molar refractivity (Wildman–Crippen MR) is 110 cm³/mol. The van der Waals surface area contributed by atoms with Crippen LogP contribution in [-0.2, 0) is 11.2 Å². The number of furan rings is 1. The van der Waals surface area contributed by atoms with E-state index in [0.29, 0.717) is 24.7 Å². The Hall–Kier alpha value is -2.95. The summed E-state index contributed by atoms with van der Waals surface area (Å²) in [5.41, 5.74) is 3.80. The summed E-state index contributed by atoms with van der Waals surface area (Å²) in [6.07, 6.45) is 1.94. The first-order chi connectivity index (χ1) is 13.5. The van der Waals surface area contributed by atoms with Gasteiger partial charge < -0.3 is 19.2 Å². The van der Waals surface area contributed by atoms with Crippen molar-refractivity contribution in [3.63, 3.8) is 0 Å². The number of amides is 1. The van der Waals surface area contributed by atoms with E-state index >= 15 is 0 Å². The quantitative estimate of drug-likeness (QED) is 0.599. The van der Waals surface area contributed by atoms with Gasteiger partial charge in [-0.3, -0.25) is 4.79 Å². The summed E-state index contributed by atoms with van der Waals surface area (Å²) in [6.45, 7) is 8.97. The average molecular weight is 381 g/mol. The molecule has 1 heterocycles. The highest BCUT2D eigenvalue weighted by molar-refractivity contribution is 5.88. The van der Waals surface area contributed by atoms with Crippen molar-refractivity contribution >= 4 is 16.9 Å². The Balaban J connectivity index is 1.70. The van der Waals surface area contributed by atoms with Gasteiger partial charge in [-0.05, 0) is 57.0 Å². The Labute approximate surface area is 165 Å². The lowest BCUT2D eigenvalue weighted by atomic mass is 10.1. The van der Waals surface area contributed by atoms with E-state index < -0.39 is 0 Å². The van der Waals surface area contributed by atoms with Crippen molar-refractivity contribution in [2.24, 2.45) is 0 Å². The third-order valence-electron chi connectivity index (χ3n) is 4.61. The van der Waals surface area contributed by atoms with Gasteiger partial charge in [0.2, 0.25) is 5.91 Å². The smallest absolute Gasteiger partial charge is 0.225 e. The maximum Gasteiger partial charge on any atom is 0.225 e. The first kappa shape index (κ1) is 19.8. The SMILES string of the molecule is CCOc1ccc(C(C)NC(=O)Cc2coc3cc(C)ccc23)cc1OCC. The van der Waals surface area contributed by atoms with Crippen LogP contribution < -0.4 is 14.8 Å². The van der Waals surface area contributed by atoms with E-state index in [9.17, 15) is 4.79 Å². The second-order valence-electron chi connectivity index (χ2n) is 6.80. The van der Waals surface area contributed by atoms with E-state index in [-0.39, 0.29) is 18.4 Å². The third kappa shape index (κ3) is 4.47. The highest BCUT2D eigenvalue weighted by Crippen LogP contribution is 2.31. The minimum Gasteiger partial charge on any atom is -0.490 e. The Bertz CT molecular complexity index is 960. The Morgan fingerprint density at radius 3 is 2.57 bits per heavy atom. The minimum atomic E-state index is -0.150. The van der Waals surface area contributed by atoms with Crippen LogP contribution in [0.2, 0.25) is 0 Å². The third-order valence-corrected chi connectivity index (χ3v) is 4.61. The Morgan fingerprint density at radius 1 is 1.07 bits per heavy atom. The van der Waals surface area contributed by atoms with Gasteiger partial charge in [-0.15, -0.1) is 0 Å². The molecule has 28 heavy (non-hydrogen) atoms. The van der Waals surface area contributed by atoms with Crippen molar-refractivity contribution in [1.29, 1.82) is 0 Å². The van der Waals surface area contributed by atoms with E-state index in [1.165, 1.54) is 0 Å². The first-order valence-corrected chi connectivity index (χ1v) is 9.67. The molecule has 1 atom stereocenters. The van der Waals surface area contributed by atoms with Crippen LogP contribution in [0.3, 0.4) is 0 Å². The number of hydrogen-bond acceptors (Lipinski definition) is 4. The van der Waals surface area contributed by atoms with Crippen molar-refractivity contribution in [2.45, 2.75) is 40.2 Å². The minimum absolute atomic E-state index is 0.0531. The topological polar surface area (TPSA) is 60.7 Å². The summed E-state index contributed by atoms with van der Waals surface area (Å²) in [4.78, 5) is 12.6. The lowest BCUT2D eigenvalue weighted by Gasteiger charge is -2.17. The molecule has 0 aliphatic rings. The number of hydrogen-bond donors (Lipinski definition) is 1. The molecular formula is C23H27NO4. The van der Waals surface area contributed by atoms with Crippen LogP contribution in [0, 0.1) is 6.92 Å². The van der Waals surface area contributed by atoms with Gasteiger partial charge in [0, 0.05) is 10.9 Å². The molecule has 5 nitrogen and oxygen atoms in total. The fraction of sp³-hybridized carbons (Fsp3) is 0.348. The van der Waals surface area contributed by atoms with E-state index in [1.807, 2.05) is 64.1 Å². The van der Waals surface area contributed by atoms with Gasteiger partial charge in [0.15, 0.2) is 11.5 Å². The molecule has 0 spiro atoms. The van der Waals surface area contributed by atoms with Gasteiger partial charge in [-0.25, -0.2) is 0 Å². The summed E-state index contributed by atoms with van der Waals surface area (Å²) in [5, 5.41) is 4.03. The molecule has 1 aromatic heterocycles. The molecule has 0 saturated carbocycles. The number of rotatable bonds is 8. The number of fused-ring (bicyclic) bond motifs is 1. The van der Waals surface area contributed by atoms with Gasteiger partial charge in [-0.1, -0.05) is 18.2 Å². The summed E-state index contributed by atoms with van der Waals surface area (Å²) in [7, 11) is 0. The van der Waals surface area contributed by atoms with Gasteiger partial charge in [0.25, 0.3) is 0 Å². The molecule has 0 fully saturated rings. The van der Waals surface area contributed by atoms with Gasteiger partial charge in [0.1, 0.15) is 5.58 Å². The first-order valence-electron chi connectivity index (χ1n) is 9.67. The van der Waals surface area contributed by atoms with Crippen molar-refractivity contribution in [2.75, 3.05) is 13.2 Å². The molecule has 3 aromatic rings. The van der Waals surface area contributed by atoms with Crippen molar-refractivity contribution in [1.82, 2.24) is 5.32 Å².